The van der Waals surface area contributed by atoms with Crippen LogP contribution < -0.4 is 9.64 Å². The Hall–Kier alpha value is -3.04. The number of para-hydroxylation sites is 1. The number of ether oxygens (including phenoxy) is 1. The molecule has 3 heterocycles. The Kier molecular flexibility index (Phi) is 4.93. The molecule has 1 atom stereocenters. The van der Waals surface area contributed by atoms with Crippen LogP contribution in [0.1, 0.15) is 24.2 Å². The van der Waals surface area contributed by atoms with Crippen molar-refractivity contribution in [1.82, 2.24) is 15.0 Å². The third-order valence-corrected chi connectivity index (χ3v) is 4.59. The minimum absolute atomic E-state index is 0.0747. The minimum atomic E-state index is -4.47. The summed E-state index contributed by atoms with van der Waals surface area (Å²) in [6, 6.07) is 8.95. The number of alkyl halides is 5. The van der Waals surface area contributed by atoms with E-state index >= 15 is 0 Å². The third kappa shape index (κ3) is 4.06. The Balaban J connectivity index is 1.53. The van der Waals surface area contributed by atoms with Gasteiger partial charge in [0.2, 0.25) is 5.88 Å². The molecule has 1 aliphatic heterocycles. The highest BCUT2D eigenvalue weighted by atomic mass is 19.4. The van der Waals surface area contributed by atoms with E-state index in [2.05, 4.69) is 15.0 Å². The van der Waals surface area contributed by atoms with Gasteiger partial charge in [-0.05, 0) is 18.2 Å². The first-order chi connectivity index (χ1) is 13.8. The van der Waals surface area contributed by atoms with Crippen LogP contribution in [0.25, 0.3) is 10.9 Å². The van der Waals surface area contributed by atoms with E-state index in [1.807, 2.05) is 4.90 Å². The summed E-state index contributed by atoms with van der Waals surface area (Å²) in [6.07, 6.45) is -6.36. The van der Waals surface area contributed by atoms with Gasteiger partial charge >= 0.3 is 6.18 Å². The van der Waals surface area contributed by atoms with Crippen LogP contribution in [-0.4, -0.2) is 34.1 Å². The lowest BCUT2D eigenvalue weighted by molar-refractivity contribution is -0.137. The van der Waals surface area contributed by atoms with Gasteiger partial charge in [0.05, 0.1) is 17.6 Å². The molecule has 0 amide bonds. The quantitative estimate of drug-likeness (QED) is 0.587. The number of aromatic nitrogens is 3. The summed E-state index contributed by atoms with van der Waals surface area (Å²) in [7, 11) is 0. The number of hydrogen-bond acceptors (Lipinski definition) is 5. The fourth-order valence-corrected chi connectivity index (χ4v) is 3.22. The number of pyridine rings is 1. The third-order valence-electron chi connectivity index (χ3n) is 4.59. The Labute approximate surface area is 162 Å². The number of fused-ring (bicyclic) bond motifs is 1. The molecule has 0 aliphatic carbocycles. The van der Waals surface area contributed by atoms with Crippen LogP contribution in [-0.2, 0) is 6.18 Å². The molecule has 3 aromatic rings. The summed E-state index contributed by atoms with van der Waals surface area (Å²) in [5.74, 6) is -0.0875. The predicted octanol–water partition coefficient (Wildman–Crippen LogP) is 4.64. The Morgan fingerprint density at radius 2 is 1.86 bits per heavy atom. The Morgan fingerprint density at radius 3 is 2.55 bits per heavy atom. The molecule has 0 radical (unpaired) electrons. The highest BCUT2D eigenvalue weighted by molar-refractivity contribution is 5.89. The van der Waals surface area contributed by atoms with Gasteiger partial charge in [0, 0.05) is 30.6 Å². The molecule has 1 aromatic carbocycles. The van der Waals surface area contributed by atoms with Crippen molar-refractivity contribution in [2.45, 2.75) is 25.1 Å². The smallest absolute Gasteiger partial charge is 0.417 e. The molecule has 0 saturated carbocycles. The van der Waals surface area contributed by atoms with E-state index in [-0.39, 0.29) is 12.0 Å². The maximum absolute atomic E-state index is 13.2. The summed E-state index contributed by atoms with van der Waals surface area (Å²) in [5.41, 5.74) is -0.438. The molecule has 29 heavy (non-hydrogen) atoms. The van der Waals surface area contributed by atoms with Crippen molar-refractivity contribution < 1.29 is 26.7 Å². The second-order valence-corrected chi connectivity index (χ2v) is 6.58. The van der Waals surface area contributed by atoms with Crippen molar-refractivity contribution in [2.24, 2.45) is 0 Å². The second-order valence-electron chi connectivity index (χ2n) is 6.58. The van der Waals surface area contributed by atoms with E-state index in [0.29, 0.717) is 36.2 Å². The summed E-state index contributed by atoms with van der Waals surface area (Å²) >= 11 is 0. The van der Waals surface area contributed by atoms with E-state index in [4.69, 9.17) is 4.74 Å². The monoisotopic (exact) mass is 410 g/mol. The van der Waals surface area contributed by atoms with Crippen LogP contribution in [0.15, 0.2) is 42.6 Å². The zero-order chi connectivity index (χ0) is 20.6. The molecule has 1 aliphatic rings. The van der Waals surface area contributed by atoms with Gasteiger partial charge in [-0.15, -0.1) is 0 Å². The highest BCUT2D eigenvalue weighted by Gasteiger charge is 2.31. The van der Waals surface area contributed by atoms with E-state index in [1.54, 1.807) is 24.3 Å². The average molecular weight is 410 g/mol. The molecule has 1 saturated heterocycles. The highest BCUT2D eigenvalue weighted by Crippen LogP contribution is 2.31. The van der Waals surface area contributed by atoms with Crippen LogP contribution in [0.2, 0.25) is 0 Å². The SMILES string of the molecule is FC(F)c1nc(N2CCC(Oc3ccc(C(F)(F)F)cn3)C2)c2ccccc2n1. The van der Waals surface area contributed by atoms with Gasteiger partial charge in [0.15, 0.2) is 5.82 Å². The molecular weight excluding hydrogens is 395 g/mol. The van der Waals surface area contributed by atoms with Crippen molar-refractivity contribution in [3.63, 3.8) is 0 Å². The maximum atomic E-state index is 13.2. The van der Waals surface area contributed by atoms with E-state index < -0.39 is 24.0 Å². The fraction of sp³-hybridized carbons (Fsp3) is 0.316. The molecule has 0 bridgehead atoms. The van der Waals surface area contributed by atoms with Crippen molar-refractivity contribution in [1.29, 1.82) is 0 Å². The summed E-state index contributed by atoms with van der Waals surface area (Å²) in [5, 5.41) is 0.644. The van der Waals surface area contributed by atoms with Crippen LogP contribution in [0.4, 0.5) is 27.8 Å². The van der Waals surface area contributed by atoms with E-state index in [1.165, 1.54) is 6.07 Å². The second kappa shape index (κ2) is 7.41. The van der Waals surface area contributed by atoms with Gasteiger partial charge in [-0.2, -0.15) is 13.2 Å². The standard InChI is InChI=1S/C19H15F5N4O/c20-16(21)17-26-14-4-2-1-3-13(14)18(27-17)28-8-7-12(10-28)29-15-6-5-11(9-25-15)19(22,23)24/h1-6,9,12,16H,7-8,10H2. The topological polar surface area (TPSA) is 51.1 Å². The minimum Gasteiger partial charge on any atom is -0.472 e. The van der Waals surface area contributed by atoms with Gasteiger partial charge in [-0.25, -0.2) is 23.7 Å². The number of nitrogens with zero attached hydrogens (tertiary/aromatic N) is 4. The molecule has 4 rings (SSSR count). The lowest BCUT2D eigenvalue weighted by atomic mass is 10.2. The van der Waals surface area contributed by atoms with Gasteiger partial charge in [0.1, 0.15) is 11.9 Å². The van der Waals surface area contributed by atoms with Crippen molar-refractivity contribution >= 4 is 16.7 Å². The average Bonchev–Trinajstić information content (AvgIpc) is 3.15. The first-order valence-electron chi connectivity index (χ1n) is 8.81. The number of benzene rings is 1. The normalized spacial score (nSPS) is 17.3. The number of halogens is 5. The molecule has 152 valence electrons. The van der Waals surface area contributed by atoms with Crippen molar-refractivity contribution in [2.75, 3.05) is 18.0 Å². The molecule has 10 heteroatoms. The molecule has 1 fully saturated rings. The zero-order valence-electron chi connectivity index (χ0n) is 14.9. The lowest BCUT2D eigenvalue weighted by Crippen LogP contribution is -2.26. The predicted molar refractivity (Wildman–Crippen MR) is 95.0 cm³/mol. The lowest BCUT2D eigenvalue weighted by Gasteiger charge is -2.20. The number of rotatable bonds is 4. The molecule has 0 spiro atoms. The molecule has 5 nitrogen and oxygen atoms in total. The first-order valence-corrected chi connectivity index (χ1v) is 8.81. The summed E-state index contributed by atoms with van der Waals surface area (Å²) < 4.78 is 69.9. The largest absolute Gasteiger partial charge is 0.472 e. The molecular formula is C19H15F5N4O. The first kappa shape index (κ1) is 19.3. The van der Waals surface area contributed by atoms with Crippen molar-refractivity contribution in [3.05, 3.63) is 54.0 Å². The van der Waals surface area contributed by atoms with Crippen LogP contribution in [0.3, 0.4) is 0 Å². The summed E-state index contributed by atoms with van der Waals surface area (Å²) in [6.45, 7) is 0.835. The Morgan fingerprint density at radius 1 is 1.07 bits per heavy atom. The molecule has 1 unspecified atom stereocenters. The van der Waals surface area contributed by atoms with Crippen LogP contribution in [0.5, 0.6) is 5.88 Å². The summed E-state index contributed by atoms with van der Waals surface area (Å²) in [4.78, 5) is 13.5. The maximum Gasteiger partial charge on any atom is 0.417 e. The van der Waals surface area contributed by atoms with E-state index in [0.717, 1.165) is 12.3 Å². The van der Waals surface area contributed by atoms with Gasteiger partial charge < -0.3 is 9.64 Å². The fourth-order valence-electron chi connectivity index (χ4n) is 3.22. The van der Waals surface area contributed by atoms with Crippen LogP contribution in [0, 0.1) is 0 Å². The zero-order valence-corrected chi connectivity index (χ0v) is 14.9. The number of anilines is 1. The molecule has 2 aromatic heterocycles. The van der Waals surface area contributed by atoms with Gasteiger partial charge in [-0.1, -0.05) is 12.1 Å². The molecule has 0 N–H and O–H groups in total. The van der Waals surface area contributed by atoms with E-state index in [9.17, 15) is 22.0 Å². The van der Waals surface area contributed by atoms with Crippen LogP contribution >= 0.6 is 0 Å². The Bertz CT molecular complexity index is 1010. The number of hydrogen-bond donors (Lipinski definition) is 0. The van der Waals surface area contributed by atoms with Gasteiger partial charge in [0.25, 0.3) is 6.43 Å². The van der Waals surface area contributed by atoms with Gasteiger partial charge in [-0.3, -0.25) is 0 Å². The van der Waals surface area contributed by atoms with Crippen molar-refractivity contribution in [3.8, 4) is 5.88 Å².